The molecule has 1 aromatic carbocycles. The first kappa shape index (κ1) is 13.8. The number of ketones is 1. The highest BCUT2D eigenvalue weighted by Gasteiger charge is 2.42. The zero-order chi connectivity index (χ0) is 14.0. The van der Waals surface area contributed by atoms with Gasteiger partial charge in [0.05, 0.1) is 6.61 Å². The van der Waals surface area contributed by atoms with Crippen LogP contribution in [0.4, 0.5) is 0 Å². The highest BCUT2D eigenvalue weighted by molar-refractivity contribution is 6.04. The van der Waals surface area contributed by atoms with Crippen LogP contribution in [0.1, 0.15) is 31.9 Å². The van der Waals surface area contributed by atoms with Gasteiger partial charge in [0.1, 0.15) is 5.41 Å². The Bertz CT molecular complexity index is 477. The van der Waals surface area contributed by atoms with Gasteiger partial charge in [0.25, 0.3) is 0 Å². The van der Waals surface area contributed by atoms with Crippen molar-refractivity contribution in [2.75, 3.05) is 6.61 Å². The summed E-state index contributed by atoms with van der Waals surface area (Å²) in [5, 5.41) is 0. The Balaban J connectivity index is 2.12. The molecule has 0 aliphatic heterocycles. The van der Waals surface area contributed by atoms with Gasteiger partial charge in [-0.15, -0.1) is 0 Å². The summed E-state index contributed by atoms with van der Waals surface area (Å²) in [4.78, 5) is 24.4. The summed E-state index contributed by atoms with van der Waals surface area (Å²) in [6.07, 6.45) is 1.47. The molecule has 0 N–H and O–H groups in total. The number of benzene rings is 1. The van der Waals surface area contributed by atoms with E-state index in [9.17, 15) is 9.59 Å². The molecule has 0 spiro atoms. The molecule has 102 valence electrons. The topological polar surface area (TPSA) is 43.4 Å². The summed E-state index contributed by atoms with van der Waals surface area (Å²) in [6, 6.07) is 8.09. The lowest BCUT2D eigenvalue weighted by atomic mass is 9.80. The summed E-state index contributed by atoms with van der Waals surface area (Å²) < 4.78 is 5.00. The molecule has 3 heteroatoms. The Morgan fingerprint density at radius 2 is 1.74 bits per heavy atom. The van der Waals surface area contributed by atoms with Crippen molar-refractivity contribution in [3.05, 3.63) is 35.4 Å². The maximum Gasteiger partial charge on any atom is 0.319 e. The molecule has 0 fully saturated rings. The van der Waals surface area contributed by atoms with Crippen molar-refractivity contribution >= 4 is 11.8 Å². The Hall–Kier alpha value is -1.64. The second-order valence-corrected chi connectivity index (χ2v) is 5.58. The fourth-order valence-corrected chi connectivity index (χ4v) is 2.67. The number of Topliss-reactive ketones (excluding diaryl/α,β-unsaturated/α-hetero) is 1. The number of rotatable bonds is 4. The van der Waals surface area contributed by atoms with Gasteiger partial charge in [0, 0.05) is 5.92 Å². The second-order valence-electron chi connectivity index (χ2n) is 5.58. The van der Waals surface area contributed by atoms with E-state index < -0.39 is 11.4 Å². The lowest BCUT2D eigenvalue weighted by Crippen LogP contribution is -2.39. The zero-order valence-corrected chi connectivity index (χ0v) is 11.7. The Morgan fingerprint density at radius 3 is 2.21 bits per heavy atom. The standard InChI is InChI=1S/C16H20O3/c1-4-19-15(18)16(2,3)14(17)13-9-11-7-5-6-8-12(11)10-13/h5-8,13H,4,9-10H2,1-3H3. The SMILES string of the molecule is CCOC(=O)C(C)(C)C(=O)C1Cc2ccccc2C1. The molecule has 1 aliphatic rings. The van der Waals surface area contributed by atoms with Gasteiger partial charge >= 0.3 is 5.97 Å². The van der Waals surface area contributed by atoms with Crippen LogP contribution in [0.3, 0.4) is 0 Å². The van der Waals surface area contributed by atoms with Gasteiger partial charge in [-0.05, 0) is 44.7 Å². The van der Waals surface area contributed by atoms with Gasteiger partial charge in [0.15, 0.2) is 5.78 Å². The third kappa shape index (κ3) is 2.55. The van der Waals surface area contributed by atoms with Gasteiger partial charge in [-0.2, -0.15) is 0 Å². The summed E-state index contributed by atoms with van der Waals surface area (Å²) in [5.74, 6) is -0.532. The molecule has 19 heavy (non-hydrogen) atoms. The third-order valence-corrected chi connectivity index (χ3v) is 3.82. The molecule has 0 amide bonds. The summed E-state index contributed by atoms with van der Waals surface area (Å²) in [5.41, 5.74) is 1.39. The van der Waals surface area contributed by atoms with Gasteiger partial charge in [0.2, 0.25) is 0 Å². The minimum Gasteiger partial charge on any atom is -0.465 e. The lowest BCUT2D eigenvalue weighted by molar-refractivity contribution is -0.159. The van der Waals surface area contributed by atoms with E-state index in [1.54, 1.807) is 20.8 Å². The van der Waals surface area contributed by atoms with Crippen molar-refractivity contribution in [1.29, 1.82) is 0 Å². The molecule has 3 nitrogen and oxygen atoms in total. The molecule has 0 aromatic heterocycles. The monoisotopic (exact) mass is 260 g/mol. The normalized spacial score (nSPS) is 15.1. The van der Waals surface area contributed by atoms with E-state index in [1.807, 2.05) is 12.1 Å². The molecule has 0 bridgehead atoms. The average Bonchev–Trinajstić information content (AvgIpc) is 2.81. The number of fused-ring (bicyclic) bond motifs is 1. The van der Waals surface area contributed by atoms with Crippen molar-refractivity contribution in [1.82, 2.24) is 0 Å². The largest absolute Gasteiger partial charge is 0.465 e. The summed E-state index contributed by atoms with van der Waals surface area (Å²) >= 11 is 0. The first-order valence-electron chi connectivity index (χ1n) is 6.75. The summed E-state index contributed by atoms with van der Waals surface area (Å²) in [7, 11) is 0. The van der Waals surface area contributed by atoms with E-state index in [0.717, 1.165) is 12.8 Å². The first-order valence-corrected chi connectivity index (χ1v) is 6.75. The molecule has 1 aromatic rings. The maximum atomic E-state index is 12.6. The maximum absolute atomic E-state index is 12.6. The van der Waals surface area contributed by atoms with Crippen molar-refractivity contribution in [2.45, 2.75) is 33.6 Å². The molecule has 0 radical (unpaired) electrons. The van der Waals surface area contributed by atoms with Gasteiger partial charge in [-0.1, -0.05) is 24.3 Å². The Morgan fingerprint density at radius 1 is 1.21 bits per heavy atom. The zero-order valence-electron chi connectivity index (χ0n) is 11.7. The molecule has 0 heterocycles. The Labute approximate surface area is 114 Å². The minimum atomic E-state index is -1.05. The smallest absolute Gasteiger partial charge is 0.319 e. The van der Waals surface area contributed by atoms with E-state index >= 15 is 0 Å². The number of esters is 1. The van der Waals surface area contributed by atoms with Crippen LogP contribution < -0.4 is 0 Å². The van der Waals surface area contributed by atoms with Gasteiger partial charge in [-0.3, -0.25) is 9.59 Å². The predicted molar refractivity (Wildman–Crippen MR) is 72.8 cm³/mol. The predicted octanol–water partition coefficient (Wildman–Crippen LogP) is 2.56. The Kier molecular flexibility index (Phi) is 3.74. The molecule has 1 aliphatic carbocycles. The van der Waals surface area contributed by atoms with Crippen LogP contribution in [0.5, 0.6) is 0 Å². The fourth-order valence-electron chi connectivity index (χ4n) is 2.67. The van der Waals surface area contributed by atoms with E-state index in [0.29, 0.717) is 6.61 Å². The molecule has 0 unspecified atom stereocenters. The van der Waals surface area contributed by atoms with Crippen LogP contribution in [-0.2, 0) is 27.2 Å². The first-order chi connectivity index (χ1) is 8.96. The molecule has 0 saturated heterocycles. The number of hydrogen-bond donors (Lipinski definition) is 0. The number of ether oxygens (including phenoxy) is 1. The molecular weight excluding hydrogens is 240 g/mol. The molecule has 2 rings (SSSR count). The highest BCUT2D eigenvalue weighted by atomic mass is 16.5. The van der Waals surface area contributed by atoms with E-state index in [4.69, 9.17) is 4.74 Å². The second kappa shape index (κ2) is 5.16. The van der Waals surface area contributed by atoms with Crippen molar-refractivity contribution in [3.63, 3.8) is 0 Å². The van der Waals surface area contributed by atoms with Crippen molar-refractivity contribution < 1.29 is 14.3 Å². The van der Waals surface area contributed by atoms with Crippen LogP contribution in [0.25, 0.3) is 0 Å². The van der Waals surface area contributed by atoms with E-state index in [-0.39, 0.29) is 11.7 Å². The van der Waals surface area contributed by atoms with Crippen molar-refractivity contribution in [3.8, 4) is 0 Å². The molecule has 0 atom stereocenters. The average molecular weight is 260 g/mol. The van der Waals surface area contributed by atoms with Crippen molar-refractivity contribution in [2.24, 2.45) is 11.3 Å². The minimum absolute atomic E-state index is 0.0119. The quantitative estimate of drug-likeness (QED) is 0.617. The van der Waals surface area contributed by atoms with Crippen LogP contribution in [0.2, 0.25) is 0 Å². The van der Waals surface area contributed by atoms with Crippen LogP contribution in [-0.4, -0.2) is 18.4 Å². The van der Waals surface area contributed by atoms with E-state index in [1.165, 1.54) is 11.1 Å². The van der Waals surface area contributed by atoms with Gasteiger partial charge in [-0.25, -0.2) is 0 Å². The molecular formula is C16H20O3. The third-order valence-electron chi connectivity index (χ3n) is 3.82. The van der Waals surface area contributed by atoms with Crippen LogP contribution >= 0.6 is 0 Å². The summed E-state index contributed by atoms with van der Waals surface area (Å²) in [6.45, 7) is 5.39. The van der Waals surface area contributed by atoms with Crippen LogP contribution in [0.15, 0.2) is 24.3 Å². The number of carbonyl (C=O) groups is 2. The van der Waals surface area contributed by atoms with Gasteiger partial charge < -0.3 is 4.74 Å². The number of carbonyl (C=O) groups excluding carboxylic acids is 2. The number of hydrogen-bond acceptors (Lipinski definition) is 3. The molecule has 0 saturated carbocycles. The lowest BCUT2D eigenvalue weighted by Gasteiger charge is -2.24. The van der Waals surface area contributed by atoms with E-state index in [2.05, 4.69) is 12.1 Å². The van der Waals surface area contributed by atoms with Crippen LogP contribution in [0, 0.1) is 11.3 Å². The highest BCUT2D eigenvalue weighted by Crippen LogP contribution is 2.33. The fraction of sp³-hybridized carbons (Fsp3) is 0.500.